The molecular weight excluding hydrogens is 344 g/mol. The maximum absolute atomic E-state index is 10.8. The van der Waals surface area contributed by atoms with Crippen molar-refractivity contribution in [1.82, 2.24) is 0 Å². The van der Waals surface area contributed by atoms with Crippen LogP contribution in [0.1, 0.15) is 96.8 Å². The van der Waals surface area contributed by atoms with Crippen LogP contribution in [0.5, 0.6) is 0 Å². The Bertz CT molecular complexity index is 356. The molecule has 25 heavy (non-hydrogen) atoms. The van der Waals surface area contributed by atoms with E-state index in [1.807, 2.05) is 6.08 Å². The first-order valence-corrected chi connectivity index (χ1v) is 9.63. The summed E-state index contributed by atoms with van der Waals surface area (Å²) >= 11 is 0. The van der Waals surface area contributed by atoms with Crippen LogP contribution in [0.2, 0.25) is 0 Å². The Morgan fingerprint density at radius 3 is 1.72 bits per heavy atom. The molecular formula is C20H34CaO4. The smallest absolute Gasteiger partial charge is 0.550 e. The van der Waals surface area contributed by atoms with Crippen LogP contribution in [-0.4, -0.2) is 49.7 Å². The van der Waals surface area contributed by atoms with E-state index in [9.17, 15) is 19.8 Å². The third-order valence-corrected chi connectivity index (χ3v) is 4.31. The third-order valence-electron chi connectivity index (χ3n) is 4.31. The number of hydrogen-bond acceptors (Lipinski definition) is 4. The van der Waals surface area contributed by atoms with E-state index < -0.39 is 24.3 Å². The van der Waals surface area contributed by atoms with Gasteiger partial charge in [0.05, 0.1) is 0 Å². The number of rotatable bonds is 17. The van der Waals surface area contributed by atoms with Crippen molar-refractivity contribution in [3.63, 3.8) is 0 Å². The van der Waals surface area contributed by atoms with Gasteiger partial charge in [-0.1, -0.05) is 83.3 Å². The Labute approximate surface area is 183 Å². The van der Waals surface area contributed by atoms with Gasteiger partial charge < -0.3 is 19.8 Å². The Morgan fingerprint density at radius 1 is 0.800 bits per heavy atom. The molecule has 0 bridgehead atoms. The summed E-state index contributed by atoms with van der Waals surface area (Å²) in [7, 11) is 0. The molecule has 1 unspecified atom stereocenters. The predicted octanol–water partition coefficient (Wildman–Crippen LogP) is 2.76. The fourth-order valence-electron chi connectivity index (χ4n) is 2.77. The van der Waals surface area contributed by atoms with E-state index in [0.29, 0.717) is 0 Å². The summed E-state index contributed by atoms with van der Waals surface area (Å²) in [5, 5.41) is 21.2. The number of carbonyl (C=O) groups excluding carboxylic acids is 2. The Morgan fingerprint density at radius 2 is 1.28 bits per heavy atom. The standard InChI is InChI=1S/C20H36O4.Ca/c1-2-3-4-5-6-7-8-9-10-11-12-13-14-15-16-18(20(23)24)17-19(21)22;/h14-15,18H,2-13,16-17H2,1H3,(H,21,22)(H,23,24);/q;+2/p-2. The van der Waals surface area contributed by atoms with Crippen LogP contribution in [0, 0.1) is 5.92 Å². The molecule has 0 radical (unpaired) electrons. The van der Waals surface area contributed by atoms with Crippen molar-refractivity contribution in [3.05, 3.63) is 12.2 Å². The number of carbonyl (C=O) groups is 2. The van der Waals surface area contributed by atoms with Crippen molar-refractivity contribution < 1.29 is 19.8 Å². The van der Waals surface area contributed by atoms with Gasteiger partial charge in [-0.05, 0) is 25.7 Å². The van der Waals surface area contributed by atoms with Gasteiger partial charge in [-0.15, -0.1) is 0 Å². The summed E-state index contributed by atoms with van der Waals surface area (Å²) in [6.07, 6.45) is 18.7. The number of hydrogen-bond donors (Lipinski definition) is 0. The predicted molar refractivity (Wildman–Crippen MR) is 98.7 cm³/mol. The summed E-state index contributed by atoms with van der Waals surface area (Å²) in [4.78, 5) is 21.2. The van der Waals surface area contributed by atoms with Crippen LogP contribution in [0.4, 0.5) is 0 Å². The van der Waals surface area contributed by atoms with Crippen molar-refractivity contribution in [1.29, 1.82) is 0 Å². The van der Waals surface area contributed by atoms with Gasteiger partial charge in [0.15, 0.2) is 0 Å². The van der Waals surface area contributed by atoms with Gasteiger partial charge in [-0.25, -0.2) is 0 Å². The molecule has 0 heterocycles. The van der Waals surface area contributed by atoms with E-state index in [1.54, 1.807) is 6.08 Å². The van der Waals surface area contributed by atoms with E-state index in [1.165, 1.54) is 64.2 Å². The SMILES string of the molecule is CCCCCCCCCCCCCC=CCC(CC(=O)[O-])C(=O)[O-].[Ca+2]. The average Bonchev–Trinajstić information content (AvgIpc) is 2.53. The fraction of sp³-hybridized carbons (Fsp3) is 0.800. The van der Waals surface area contributed by atoms with Crippen molar-refractivity contribution >= 4 is 49.7 Å². The van der Waals surface area contributed by atoms with Gasteiger partial charge in [0.2, 0.25) is 0 Å². The van der Waals surface area contributed by atoms with Gasteiger partial charge >= 0.3 is 37.7 Å². The van der Waals surface area contributed by atoms with Gasteiger partial charge in [-0.3, -0.25) is 0 Å². The summed E-state index contributed by atoms with van der Waals surface area (Å²) in [6, 6.07) is 0. The van der Waals surface area contributed by atoms with E-state index in [-0.39, 0.29) is 44.2 Å². The molecule has 0 aliphatic carbocycles. The monoisotopic (exact) mass is 378 g/mol. The summed E-state index contributed by atoms with van der Waals surface area (Å²) in [5.41, 5.74) is 0. The Kier molecular flexibility index (Phi) is 22.0. The summed E-state index contributed by atoms with van der Waals surface area (Å²) in [6.45, 7) is 2.24. The Balaban J connectivity index is 0. The topological polar surface area (TPSA) is 80.3 Å². The van der Waals surface area contributed by atoms with Crippen LogP contribution in [0.3, 0.4) is 0 Å². The molecule has 5 heteroatoms. The summed E-state index contributed by atoms with van der Waals surface area (Å²) in [5.74, 6) is -3.65. The maximum Gasteiger partial charge on any atom is 2.00 e. The first-order chi connectivity index (χ1) is 11.6. The molecule has 0 saturated heterocycles. The first kappa shape index (κ1) is 27.2. The second-order valence-electron chi connectivity index (χ2n) is 6.62. The molecule has 0 amide bonds. The van der Waals surface area contributed by atoms with Gasteiger partial charge in [-0.2, -0.15) is 0 Å². The van der Waals surface area contributed by atoms with Crippen LogP contribution in [-0.2, 0) is 9.59 Å². The number of aliphatic carboxylic acids is 2. The van der Waals surface area contributed by atoms with E-state index in [2.05, 4.69) is 6.92 Å². The fourth-order valence-corrected chi connectivity index (χ4v) is 2.77. The van der Waals surface area contributed by atoms with Crippen molar-refractivity contribution in [2.45, 2.75) is 96.8 Å². The minimum atomic E-state index is -1.34. The van der Waals surface area contributed by atoms with Crippen molar-refractivity contribution in [3.8, 4) is 0 Å². The molecule has 140 valence electrons. The van der Waals surface area contributed by atoms with Crippen LogP contribution in [0.25, 0.3) is 0 Å². The minimum Gasteiger partial charge on any atom is -0.550 e. The van der Waals surface area contributed by atoms with E-state index in [4.69, 9.17) is 0 Å². The molecule has 1 atom stereocenters. The second-order valence-corrected chi connectivity index (χ2v) is 6.62. The zero-order chi connectivity index (χ0) is 18.0. The molecule has 4 nitrogen and oxygen atoms in total. The van der Waals surface area contributed by atoms with E-state index in [0.717, 1.165) is 12.8 Å². The molecule has 0 aliphatic rings. The zero-order valence-corrected chi connectivity index (χ0v) is 18.2. The molecule has 0 rings (SSSR count). The molecule has 0 saturated carbocycles. The molecule has 0 spiro atoms. The quantitative estimate of drug-likeness (QED) is 0.221. The summed E-state index contributed by atoms with van der Waals surface area (Å²) < 4.78 is 0. The largest absolute Gasteiger partial charge is 2.00 e. The zero-order valence-electron chi connectivity index (χ0n) is 16.0. The number of carboxylic acids is 2. The normalized spacial score (nSPS) is 12.0. The average molecular weight is 379 g/mol. The number of carboxylic acid groups (broad SMARTS) is 2. The third kappa shape index (κ3) is 20.1. The van der Waals surface area contributed by atoms with Gasteiger partial charge in [0.1, 0.15) is 0 Å². The molecule has 0 aliphatic heterocycles. The Hall–Kier alpha value is -0.0603. The van der Waals surface area contributed by atoms with Crippen molar-refractivity contribution in [2.24, 2.45) is 5.92 Å². The molecule has 0 N–H and O–H groups in total. The van der Waals surface area contributed by atoms with Gasteiger partial charge in [0.25, 0.3) is 0 Å². The molecule has 0 aromatic carbocycles. The minimum absolute atomic E-state index is 0. The van der Waals surface area contributed by atoms with Crippen LogP contribution >= 0.6 is 0 Å². The first-order valence-electron chi connectivity index (χ1n) is 9.63. The number of unbranched alkanes of at least 4 members (excludes halogenated alkanes) is 11. The maximum atomic E-state index is 10.8. The molecule has 0 fully saturated rings. The molecule has 0 aromatic rings. The van der Waals surface area contributed by atoms with Crippen LogP contribution in [0.15, 0.2) is 12.2 Å². The second kappa shape index (κ2) is 20.3. The van der Waals surface area contributed by atoms with E-state index >= 15 is 0 Å². The number of allylic oxidation sites excluding steroid dienone is 2. The molecule has 0 aromatic heterocycles. The van der Waals surface area contributed by atoms with Crippen LogP contribution < -0.4 is 10.2 Å². The van der Waals surface area contributed by atoms with Gasteiger partial charge in [0, 0.05) is 17.9 Å². The van der Waals surface area contributed by atoms with Crippen molar-refractivity contribution in [2.75, 3.05) is 0 Å².